The van der Waals surface area contributed by atoms with Crippen molar-refractivity contribution in [1.29, 1.82) is 0 Å². The lowest BCUT2D eigenvalue weighted by Crippen LogP contribution is -2.49. The summed E-state index contributed by atoms with van der Waals surface area (Å²) in [6, 6.07) is 8.71. The van der Waals surface area contributed by atoms with E-state index in [1.807, 2.05) is 11.1 Å². The van der Waals surface area contributed by atoms with Gasteiger partial charge in [-0.2, -0.15) is 5.10 Å². The zero-order chi connectivity index (χ0) is 21.8. The molecule has 1 saturated heterocycles. The lowest BCUT2D eigenvalue weighted by molar-refractivity contribution is -0.137. The Hall–Kier alpha value is -1.96. The van der Waals surface area contributed by atoms with Crippen LogP contribution in [-0.4, -0.2) is 79.1 Å². The SMILES string of the molecule is COCCN(C)Cc1ccc(N2N=CCC2CC2(O)CCN(C(=O)C3CC3)CC2)cc1. The molecule has 170 valence electrons. The maximum Gasteiger partial charge on any atom is 0.225 e. The van der Waals surface area contributed by atoms with Crippen LogP contribution in [0.3, 0.4) is 0 Å². The van der Waals surface area contributed by atoms with Crippen molar-refractivity contribution in [1.82, 2.24) is 9.80 Å². The van der Waals surface area contributed by atoms with Crippen molar-refractivity contribution >= 4 is 17.8 Å². The number of likely N-dealkylation sites (N-methyl/N-ethyl adjacent to an activating group) is 1. The molecule has 1 aliphatic carbocycles. The van der Waals surface area contributed by atoms with Gasteiger partial charge in [0.05, 0.1) is 23.9 Å². The first-order valence-corrected chi connectivity index (χ1v) is 11.6. The van der Waals surface area contributed by atoms with Crippen LogP contribution in [0.15, 0.2) is 29.4 Å². The fraction of sp³-hybridized carbons (Fsp3) is 0.667. The van der Waals surface area contributed by atoms with Gasteiger partial charge in [-0.25, -0.2) is 0 Å². The molecule has 1 unspecified atom stereocenters. The minimum absolute atomic E-state index is 0.158. The van der Waals surface area contributed by atoms with E-state index in [1.54, 1.807) is 7.11 Å². The summed E-state index contributed by atoms with van der Waals surface area (Å²) in [5.74, 6) is 0.550. The Morgan fingerprint density at radius 1 is 1.26 bits per heavy atom. The van der Waals surface area contributed by atoms with Gasteiger partial charge in [0.15, 0.2) is 0 Å². The molecule has 0 spiro atoms. The van der Waals surface area contributed by atoms with Gasteiger partial charge in [-0.05, 0) is 56.8 Å². The molecule has 7 heteroatoms. The van der Waals surface area contributed by atoms with E-state index in [9.17, 15) is 9.90 Å². The minimum Gasteiger partial charge on any atom is -0.390 e. The maximum absolute atomic E-state index is 12.3. The van der Waals surface area contributed by atoms with Crippen LogP contribution in [0, 0.1) is 5.92 Å². The van der Waals surface area contributed by atoms with E-state index in [0.29, 0.717) is 38.3 Å². The Kier molecular flexibility index (Phi) is 6.94. The lowest BCUT2D eigenvalue weighted by atomic mass is 9.84. The molecular formula is C24H36N4O3. The number of benzene rings is 1. The number of piperidine rings is 1. The predicted molar refractivity (Wildman–Crippen MR) is 122 cm³/mol. The van der Waals surface area contributed by atoms with Gasteiger partial charge >= 0.3 is 0 Å². The van der Waals surface area contributed by atoms with Crippen molar-refractivity contribution in [2.75, 3.05) is 45.4 Å². The lowest BCUT2D eigenvalue weighted by Gasteiger charge is -2.40. The van der Waals surface area contributed by atoms with Gasteiger partial charge in [0.2, 0.25) is 5.91 Å². The van der Waals surface area contributed by atoms with Crippen LogP contribution in [0.1, 0.15) is 44.1 Å². The van der Waals surface area contributed by atoms with Gasteiger partial charge in [-0.3, -0.25) is 14.7 Å². The summed E-state index contributed by atoms with van der Waals surface area (Å²) in [7, 11) is 3.82. The summed E-state index contributed by atoms with van der Waals surface area (Å²) < 4.78 is 5.15. The molecule has 2 aliphatic heterocycles. The number of anilines is 1. The Morgan fingerprint density at radius 2 is 1.97 bits per heavy atom. The molecule has 1 saturated carbocycles. The third-order valence-corrected chi connectivity index (χ3v) is 6.81. The molecule has 7 nitrogen and oxygen atoms in total. The van der Waals surface area contributed by atoms with Crippen LogP contribution in [0.25, 0.3) is 0 Å². The molecule has 1 aromatic rings. The molecule has 0 bridgehead atoms. The van der Waals surface area contributed by atoms with Crippen molar-refractivity contribution in [3.63, 3.8) is 0 Å². The second-order valence-electron chi connectivity index (χ2n) is 9.46. The van der Waals surface area contributed by atoms with E-state index in [2.05, 4.69) is 46.3 Å². The number of aliphatic hydroxyl groups is 1. The summed E-state index contributed by atoms with van der Waals surface area (Å²) in [5, 5.41) is 17.9. The molecular weight excluding hydrogens is 392 g/mol. The van der Waals surface area contributed by atoms with Gasteiger partial charge < -0.3 is 14.7 Å². The van der Waals surface area contributed by atoms with Crippen LogP contribution in [0.2, 0.25) is 0 Å². The average Bonchev–Trinajstić information content (AvgIpc) is 3.52. The normalized spacial score (nSPS) is 23.0. The van der Waals surface area contributed by atoms with E-state index in [0.717, 1.165) is 44.6 Å². The van der Waals surface area contributed by atoms with E-state index in [1.165, 1.54) is 5.56 Å². The minimum atomic E-state index is -0.721. The largest absolute Gasteiger partial charge is 0.390 e. The number of carbonyl (C=O) groups is 1. The first-order valence-electron chi connectivity index (χ1n) is 11.6. The highest BCUT2D eigenvalue weighted by atomic mass is 16.5. The monoisotopic (exact) mass is 428 g/mol. The molecule has 1 atom stereocenters. The van der Waals surface area contributed by atoms with Crippen LogP contribution >= 0.6 is 0 Å². The number of nitrogens with zero attached hydrogens (tertiary/aromatic N) is 4. The molecule has 2 fully saturated rings. The number of rotatable bonds is 9. The standard InChI is InChI=1S/C24H36N4O3/c1-26(15-16-31-2)18-19-3-7-21(8-4-19)28-22(9-12-25-28)17-24(30)10-13-27(14-11-24)23(29)20-5-6-20/h3-4,7-8,12,20,22,30H,5-6,9-11,13-18H2,1-2H3. The summed E-state index contributed by atoms with van der Waals surface area (Å²) >= 11 is 0. The summed E-state index contributed by atoms with van der Waals surface area (Å²) in [4.78, 5) is 16.5. The summed E-state index contributed by atoms with van der Waals surface area (Å²) in [5.41, 5.74) is 1.60. The molecule has 1 aromatic carbocycles. The maximum atomic E-state index is 12.3. The zero-order valence-electron chi connectivity index (χ0n) is 18.9. The first-order chi connectivity index (χ1) is 15.0. The molecule has 2 heterocycles. The van der Waals surface area contributed by atoms with Gasteiger partial charge in [0.25, 0.3) is 0 Å². The Bertz CT molecular complexity index is 770. The number of likely N-dealkylation sites (tertiary alicyclic amines) is 1. The van der Waals surface area contributed by atoms with Gasteiger partial charge in [-0.15, -0.1) is 0 Å². The second-order valence-corrected chi connectivity index (χ2v) is 9.46. The van der Waals surface area contributed by atoms with Crippen molar-refractivity contribution in [3.8, 4) is 0 Å². The fourth-order valence-electron chi connectivity index (χ4n) is 4.66. The number of amides is 1. The number of carbonyl (C=O) groups excluding carboxylic acids is 1. The van der Waals surface area contributed by atoms with Crippen molar-refractivity contribution in [2.45, 2.75) is 56.7 Å². The summed E-state index contributed by atoms with van der Waals surface area (Å²) in [6.45, 7) is 3.86. The van der Waals surface area contributed by atoms with Crippen molar-refractivity contribution in [2.24, 2.45) is 11.0 Å². The molecule has 0 radical (unpaired) electrons. The first kappa shape index (κ1) is 22.2. The number of methoxy groups -OCH3 is 1. The van der Waals surface area contributed by atoms with Crippen LogP contribution in [0.4, 0.5) is 5.69 Å². The van der Waals surface area contributed by atoms with Crippen molar-refractivity contribution in [3.05, 3.63) is 29.8 Å². The number of hydrogen-bond acceptors (Lipinski definition) is 6. The topological polar surface area (TPSA) is 68.6 Å². The third-order valence-electron chi connectivity index (χ3n) is 6.81. The van der Waals surface area contributed by atoms with Crippen molar-refractivity contribution < 1.29 is 14.6 Å². The quantitative estimate of drug-likeness (QED) is 0.655. The second kappa shape index (κ2) is 9.67. The predicted octanol–water partition coefficient (Wildman–Crippen LogP) is 2.48. The fourth-order valence-corrected chi connectivity index (χ4v) is 4.66. The molecule has 0 aromatic heterocycles. The smallest absolute Gasteiger partial charge is 0.225 e. The van der Waals surface area contributed by atoms with Crippen LogP contribution in [-0.2, 0) is 16.1 Å². The Morgan fingerprint density at radius 3 is 2.61 bits per heavy atom. The number of hydrazone groups is 1. The van der Waals surface area contributed by atoms with Gasteiger partial charge in [0.1, 0.15) is 0 Å². The molecule has 4 rings (SSSR count). The Labute approximate surface area is 185 Å². The summed E-state index contributed by atoms with van der Waals surface area (Å²) in [6.07, 6.45) is 6.86. The number of hydrogen-bond donors (Lipinski definition) is 1. The van der Waals surface area contributed by atoms with E-state index >= 15 is 0 Å². The van der Waals surface area contributed by atoms with Gasteiger partial charge in [-0.1, -0.05) is 12.1 Å². The third kappa shape index (κ3) is 5.64. The number of ether oxygens (including phenoxy) is 1. The van der Waals surface area contributed by atoms with Gasteiger partial charge in [0, 0.05) is 51.8 Å². The van der Waals surface area contributed by atoms with Crippen LogP contribution < -0.4 is 5.01 Å². The Balaban J connectivity index is 1.31. The molecule has 31 heavy (non-hydrogen) atoms. The highest BCUT2D eigenvalue weighted by Gasteiger charge is 2.41. The molecule has 1 amide bonds. The van der Waals surface area contributed by atoms with E-state index < -0.39 is 5.60 Å². The van der Waals surface area contributed by atoms with E-state index in [4.69, 9.17) is 4.74 Å². The average molecular weight is 429 g/mol. The van der Waals surface area contributed by atoms with E-state index in [-0.39, 0.29) is 12.0 Å². The highest BCUT2D eigenvalue weighted by Crippen LogP contribution is 2.36. The zero-order valence-corrected chi connectivity index (χ0v) is 18.9. The van der Waals surface area contributed by atoms with Crippen LogP contribution in [0.5, 0.6) is 0 Å². The molecule has 1 N–H and O–H groups in total. The highest BCUT2D eigenvalue weighted by molar-refractivity contribution is 5.81. The molecule has 3 aliphatic rings.